The van der Waals surface area contributed by atoms with Crippen molar-refractivity contribution in [2.45, 2.75) is 20.0 Å². The average molecular weight is 378 g/mol. The van der Waals surface area contributed by atoms with Crippen LogP contribution in [0.1, 0.15) is 24.2 Å². The second-order valence-electron chi connectivity index (χ2n) is 5.34. The molecule has 138 valence electrons. The van der Waals surface area contributed by atoms with Crippen LogP contribution in [0.3, 0.4) is 0 Å². The zero-order valence-corrected chi connectivity index (χ0v) is 15.5. The third-order valence-electron chi connectivity index (χ3n) is 3.46. The molecule has 1 N–H and O–H groups in total. The van der Waals surface area contributed by atoms with Crippen LogP contribution >= 0.6 is 11.6 Å². The lowest BCUT2D eigenvalue weighted by molar-refractivity contribution is -0.122. The van der Waals surface area contributed by atoms with Crippen molar-refractivity contribution in [1.82, 2.24) is 0 Å². The van der Waals surface area contributed by atoms with Crippen molar-refractivity contribution in [3.05, 3.63) is 53.1 Å². The highest BCUT2D eigenvalue weighted by Crippen LogP contribution is 2.23. The normalized spacial score (nSPS) is 11.4. The zero-order valence-electron chi connectivity index (χ0n) is 14.7. The molecule has 7 heteroatoms. The van der Waals surface area contributed by atoms with E-state index >= 15 is 0 Å². The first kappa shape index (κ1) is 19.6. The van der Waals surface area contributed by atoms with Crippen LogP contribution in [0.5, 0.6) is 11.5 Å². The van der Waals surface area contributed by atoms with Gasteiger partial charge in [-0.3, -0.25) is 4.79 Å². The maximum atomic E-state index is 12.3. The highest BCUT2D eigenvalue weighted by Gasteiger charge is 2.17. The van der Waals surface area contributed by atoms with Crippen LogP contribution in [-0.4, -0.2) is 31.7 Å². The Morgan fingerprint density at radius 2 is 1.88 bits per heavy atom. The van der Waals surface area contributed by atoms with Gasteiger partial charge < -0.3 is 19.5 Å². The third-order valence-corrected chi connectivity index (χ3v) is 3.77. The van der Waals surface area contributed by atoms with Crippen molar-refractivity contribution in [1.29, 1.82) is 0 Å². The summed E-state index contributed by atoms with van der Waals surface area (Å²) in [6.07, 6.45) is -0.745. The SMILES string of the molecule is CCOC(=O)c1ccc(NC(=O)[C@H](C)Oc2cccc(OC)c2)cc1Cl. The van der Waals surface area contributed by atoms with E-state index in [-0.39, 0.29) is 23.1 Å². The highest BCUT2D eigenvalue weighted by molar-refractivity contribution is 6.34. The molecule has 1 atom stereocenters. The van der Waals surface area contributed by atoms with Gasteiger partial charge in [-0.05, 0) is 44.2 Å². The maximum absolute atomic E-state index is 12.3. The lowest BCUT2D eigenvalue weighted by atomic mass is 10.2. The largest absolute Gasteiger partial charge is 0.497 e. The Kier molecular flexibility index (Phi) is 6.86. The fraction of sp³-hybridized carbons (Fsp3) is 0.263. The Morgan fingerprint density at radius 1 is 1.15 bits per heavy atom. The lowest BCUT2D eigenvalue weighted by Crippen LogP contribution is -2.30. The summed E-state index contributed by atoms with van der Waals surface area (Å²) in [4.78, 5) is 24.0. The smallest absolute Gasteiger partial charge is 0.339 e. The zero-order chi connectivity index (χ0) is 19.1. The topological polar surface area (TPSA) is 73.9 Å². The molecule has 0 unspecified atom stereocenters. The highest BCUT2D eigenvalue weighted by atomic mass is 35.5. The number of methoxy groups -OCH3 is 1. The summed E-state index contributed by atoms with van der Waals surface area (Å²) in [6, 6.07) is 11.5. The van der Waals surface area contributed by atoms with Gasteiger partial charge in [-0.2, -0.15) is 0 Å². The molecule has 2 rings (SSSR count). The van der Waals surface area contributed by atoms with Crippen LogP contribution in [0.15, 0.2) is 42.5 Å². The fourth-order valence-electron chi connectivity index (χ4n) is 2.14. The van der Waals surface area contributed by atoms with Gasteiger partial charge >= 0.3 is 5.97 Å². The first-order chi connectivity index (χ1) is 12.4. The Labute approximate surface area is 157 Å². The van der Waals surface area contributed by atoms with Crippen molar-refractivity contribution in [2.75, 3.05) is 19.0 Å². The molecular formula is C19H20ClNO5. The molecule has 6 nitrogen and oxygen atoms in total. The van der Waals surface area contributed by atoms with E-state index in [1.54, 1.807) is 51.3 Å². The molecule has 0 aliphatic carbocycles. The quantitative estimate of drug-likeness (QED) is 0.740. The minimum absolute atomic E-state index is 0.197. The summed E-state index contributed by atoms with van der Waals surface area (Å²) in [6.45, 7) is 3.60. The summed E-state index contributed by atoms with van der Waals surface area (Å²) >= 11 is 6.09. The van der Waals surface area contributed by atoms with Gasteiger partial charge in [0.2, 0.25) is 0 Å². The third kappa shape index (κ3) is 5.13. The monoisotopic (exact) mass is 377 g/mol. The predicted molar refractivity (Wildman–Crippen MR) is 99.1 cm³/mol. The molecule has 0 spiro atoms. The molecule has 0 aliphatic rings. The van der Waals surface area contributed by atoms with Crippen LogP contribution in [0, 0.1) is 0 Å². The number of rotatable bonds is 7. The molecule has 0 bridgehead atoms. The average Bonchev–Trinajstić information content (AvgIpc) is 2.62. The summed E-state index contributed by atoms with van der Waals surface area (Å²) < 4.78 is 15.6. The molecule has 26 heavy (non-hydrogen) atoms. The first-order valence-corrected chi connectivity index (χ1v) is 8.40. The Bertz CT molecular complexity index is 793. The summed E-state index contributed by atoms with van der Waals surface area (Å²) in [5.41, 5.74) is 0.696. The van der Waals surface area contributed by atoms with Gasteiger partial charge in [0.05, 0.1) is 24.3 Å². The molecule has 0 radical (unpaired) electrons. The van der Waals surface area contributed by atoms with E-state index in [2.05, 4.69) is 5.32 Å². The van der Waals surface area contributed by atoms with Crippen LogP contribution in [0.2, 0.25) is 5.02 Å². The van der Waals surface area contributed by atoms with E-state index in [0.717, 1.165) is 0 Å². The molecule has 0 fully saturated rings. The number of ether oxygens (including phenoxy) is 3. The second-order valence-corrected chi connectivity index (χ2v) is 5.75. The molecule has 0 saturated carbocycles. The van der Waals surface area contributed by atoms with Gasteiger partial charge in [0.25, 0.3) is 5.91 Å². The Hall–Kier alpha value is -2.73. The van der Waals surface area contributed by atoms with Crippen LogP contribution < -0.4 is 14.8 Å². The number of nitrogens with one attached hydrogen (secondary N) is 1. The number of anilines is 1. The van der Waals surface area contributed by atoms with Gasteiger partial charge in [0.1, 0.15) is 11.5 Å². The van der Waals surface area contributed by atoms with Crippen molar-refractivity contribution < 1.29 is 23.8 Å². The van der Waals surface area contributed by atoms with E-state index in [1.165, 1.54) is 12.1 Å². The van der Waals surface area contributed by atoms with E-state index < -0.39 is 12.1 Å². The minimum Gasteiger partial charge on any atom is -0.497 e. The van der Waals surface area contributed by atoms with Gasteiger partial charge in [0.15, 0.2) is 6.10 Å². The van der Waals surface area contributed by atoms with Gasteiger partial charge in [0, 0.05) is 11.8 Å². The Balaban J connectivity index is 2.02. The molecule has 0 heterocycles. The summed E-state index contributed by atoms with van der Waals surface area (Å²) in [7, 11) is 1.55. The second kappa shape index (κ2) is 9.10. The maximum Gasteiger partial charge on any atom is 0.339 e. The van der Waals surface area contributed by atoms with E-state index in [1.807, 2.05) is 0 Å². The molecule has 2 aromatic rings. The number of halogens is 1. The van der Waals surface area contributed by atoms with Crippen molar-refractivity contribution >= 4 is 29.2 Å². The minimum atomic E-state index is -0.745. The van der Waals surface area contributed by atoms with Crippen molar-refractivity contribution in [2.24, 2.45) is 0 Å². The Morgan fingerprint density at radius 3 is 2.54 bits per heavy atom. The predicted octanol–water partition coefficient (Wildman–Crippen LogP) is 3.93. The number of esters is 1. The summed E-state index contributed by atoms with van der Waals surface area (Å²) in [5, 5.41) is 2.89. The van der Waals surface area contributed by atoms with Crippen molar-refractivity contribution in [3.63, 3.8) is 0 Å². The van der Waals surface area contributed by atoms with E-state index in [9.17, 15) is 9.59 Å². The first-order valence-electron chi connectivity index (χ1n) is 8.02. The van der Waals surface area contributed by atoms with Crippen LogP contribution in [0.4, 0.5) is 5.69 Å². The number of benzene rings is 2. The number of amides is 1. The lowest BCUT2D eigenvalue weighted by Gasteiger charge is -2.15. The molecule has 0 aliphatic heterocycles. The number of carbonyl (C=O) groups excluding carboxylic acids is 2. The van der Waals surface area contributed by atoms with Crippen LogP contribution in [-0.2, 0) is 9.53 Å². The molecule has 1 amide bonds. The molecular weight excluding hydrogens is 358 g/mol. The molecule has 2 aromatic carbocycles. The van der Waals surface area contributed by atoms with Gasteiger partial charge in [-0.15, -0.1) is 0 Å². The molecule has 0 saturated heterocycles. The van der Waals surface area contributed by atoms with Crippen LogP contribution in [0.25, 0.3) is 0 Å². The number of carbonyl (C=O) groups is 2. The molecule has 0 aromatic heterocycles. The summed E-state index contributed by atoms with van der Waals surface area (Å²) in [5.74, 6) is 0.289. The van der Waals surface area contributed by atoms with Gasteiger partial charge in [-0.25, -0.2) is 4.79 Å². The van der Waals surface area contributed by atoms with Gasteiger partial charge in [-0.1, -0.05) is 17.7 Å². The van der Waals surface area contributed by atoms with E-state index in [4.69, 9.17) is 25.8 Å². The number of hydrogen-bond acceptors (Lipinski definition) is 5. The fourth-order valence-corrected chi connectivity index (χ4v) is 2.40. The number of hydrogen-bond donors (Lipinski definition) is 1. The van der Waals surface area contributed by atoms with Crippen molar-refractivity contribution in [3.8, 4) is 11.5 Å². The van der Waals surface area contributed by atoms with E-state index in [0.29, 0.717) is 17.2 Å². The standard InChI is InChI=1S/C19H20ClNO5/c1-4-25-19(23)16-9-8-13(10-17(16)20)21-18(22)12(2)26-15-7-5-6-14(11-15)24-3/h5-12H,4H2,1-3H3,(H,21,22)/t12-/m0/s1.